The minimum Gasteiger partial charge on any atom is -0.166 e. The molecule has 0 saturated heterocycles. The molecule has 0 fully saturated rings. The zero-order valence-corrected chi connectivity index (χ0v) is 11.6. The Balaban J connectivity index is 2.58. The summed E-state index contributed by atoms with van der Waals surface area (Å²) in [4.78, 5) is 0. The number of hydrogen-bond acceptors (Lipinski definition) is 0. The highest BCUT2D eigenvalue weighted by Crippen LogP contribution is 2.37. The maximum Gasteiger partial charge on any atom is 0.417 e. The molecule has 0 spiro atoms. The molecular formula is C17H17F3. The number of benzene rings is 2. The van der Waals surface area contributed by atoms with Crippen molar-refractivity contribution in [2.45, 2.75) is 32.9 Å². The van der Waals surface area contributed by atoms with Crippen LogP contribution in [-0.2, 0) is 19.0 Å². The number of alkyl halides is 3. The van der Waals surface area contributed by atoms with Crippen LogP contribution in [-0.4, -0.2) is 0 Å². The molecular weight excluding hydrogens is 261 g/mol. The molecule has 20 heavy (non-hydrogen) atoms. The van der Waals surface area contributed by atoms with Gasteiger partial charge in [0.1, 0.15) is 0 Å². The third kappa shape index (κ3) is 2.87. The van der Waals surface area contributed by atoms with Crippen molar-refractivity contribution >= 4 is 0 Å². The van der Waals surface area contributed by atoms with Gasteiger partial charge in [0.15, 0.2) is 0 Å². The molecule has 0 aromatic heterocycles. The summed E-state index contributed by atoms with van der Waals surface area (Å²) in [5.74, 6) is 0. The van der Waals surface area contributed by atoms with E-state index in [1.165, 1.54) is 17.7 Å². The molecule has 0 bridgehead atoms. The molecule has 0 aliphatic heterocycles. The number of aryl methyl sites for hydroxylation is 2. The van der Waals surface area contributed by atoms with Gasteiger partial charge in [0.2, 0.25) is 0 Å². The van der Waals surface area contributed by atoms with E-state index in [-0.39, 0.29) is 5.56 Å². The molecule has 0 atom stereocenters. The van der Waals surface area contributed by atoms with E-state index in [1.54, 1.807) is 12.1 Å². The van der Waals surface area contributed by atoms with E-state index < -0.39 is 11.7 Å². The molecule has 0 nitrogen and oxygen atoms in total. The van der Waals surface area contributed by atoms with Gasteiger partial charge in [-0.3, -0.25) is 0 Å². The summed E-state index contributed by atoms with van der Waals surface area (Å²) in [5.41, 5.74) is 2.61. The second kappa shape index (κ2) is 5.70. The Labute approximate surface area is 117 Å². The SMILES string of the molecule is CCc1ccc(-c2ccccc2C(F)(F)F)cc1CC. The van der Waals surface area contributed by atoms with Gasteiger partial charge in [0, 0.05) is 0 Å². The molecule has 0 aliphatic carbocycles. The summed E-state index contributed by atoms with van der Waals surface area (Å²) in [6, 6.07) is 11.3. The predicted molar refractivity (Wildman–Crippen MR) is 75.6 cm³/mol. The van der Waals surface area contributed by atoms with Gasteiger partial charge in [-0.15, -0.1) is 0 Å². The lowest BCUT2D eigenvalue weighted by Gasteiger charge is -2.14. The molecule has 0 N–H and O–H groups in total. The number of rotatable bonds is 3. The van der Waals surface area contributed by atoms with Gasteiger partial charge in [-0.1, -0.05) is 50.2 Å². The van der Waals surface area contributed by atoms with Crippen LogP contribution in [0.3, 0.4) is 0 Å². The van der Waals surface area contributed by atoms with Gasteiger partial charge in [-0.25, -0.2) is 0 Å². The second-order valence-corrected chi connectivity index (χ2v) is 4.73. The second-order valence-electron chi connectivity index (χ2n) is 4.73. The molecule has 0 heterocycles. The summed E-state index contributed by atoms with van der Waals surface area (Å²) in [7, 11) is 0. The van der Waals surface area contributed by atoms with Crippen molar-refractivity contribution in [3.63, 3.8) is 0 Å². The molecule has 3 heteroatoms. The lowest BCUT2D eigenvalue weighted by Crippen LogP contribution is -2.07. The summed E-state index contributed by atoms with van der Waals surface area (Å²) in [5, 5.41) is 0. The van der Waals surface area contributed by atoms with E-state index in [9.17, 15) is 13.2 Å². The monoisotopic (exact) mass is 278 g/mol. The van der Waals surface area contributed by atoms with Crippen molar-refractivity contribution in [2.75, 3.05) is 0 Å². The molecule has 0 unspecified atom stereocenters. The van der Waals surface area contributed by atoms with Crippen molar-refractivity contribution in [1.29, 1.82) is 0 Å². The van der Waals surface area contributed by atoms with Crippen LogP contribution in [0.1, 0.15) is 30.5 Å². The van der Waals surface area contributed by atoms with Crippen molar-refractivity contribution in [2.24, 2.45) is 0 Å². The quantitative estimate of drug-likeness (QED) is 0.695. The normalized spacial score (nSPS) is 11.7. The lowest BCUT2D eigenvalue weighted by atomic mass is 9.94. The zero-order chi connectivity index (χ0) is 14.8. The van der Waals surface area contributed by atoms with Crippen LogP contribution in [0.5, 0.6) is 0 Å². The minimum atomic E-state index is -4.33. The van der Waals surface area contributed by atoms with E-state index >= 15 is 0 Å². The van der Waals surface area contributed by atoms with Gasteiger partial charge in [-0.2, -0.15) is 13.2 Å². The Morgan fingerprint density at radius 2 is 1.50 bits per heavy atom. The third-order valence-corrected chi connectivity index (χ3v) is 3.51. The van der Waals surface area contributed by atoms with E-state index in [4.69, 9.17) is 0 Å². The predicted octanol–water partition coefficient (Wildman–Crippen LogP) is 5.50. The van der Waals surface area contributed by atoms with Crippen LogP contribution in [0.2, 0.25) is 0 Å². The first-order chi connectivity index (χ1) is 9.47. The van der Waals surface area contributed by atoms with Crippen molar-refractivity contribution in [3.05, 3.63) is 59.2 Å². The Hall–Kier alpha value is -1.77. The first-order valence-electron chi connectivity index (χ1n) is 6.75. The van der Waals surface area contributed by atoms with E-state index in [2.05, 4.69) is 6.92 Å². The maximum atomic E-state index is 13.1. The average molecular weight is 278 g/mol. The van der Waals surface area contributed by atoms with Crippen molar-refractivity contribution in [1.82, 2.24) is 0 Å². The first-order valence-corrected chi connectivity index (χ1v) is 6.75. The molecule has 2 aromatic rings. The third-order valence-electron chi connectivity index (χ3n) is 3.51. The Kier molecular flexibility index (Phi) is 4.17. The molecule has 2 rings (SSSR count). The molecule has 2 aromatic carbocycles. The van der Waals surface area contributed by atoms with Gasteiger partial charge in [0.25, 0.3) is 0 Å². The fraction of sp³-hybridized carbons (Fsp3) is 0.294. The Bertz CT molecular complexity index is 597. The highest BCUT2D eigenvalue weighted by Gasteiger charge is 2.33. The van der Waals surface area contributed by atoms with E-state index in [0.717, 1.165) is 24.5 Å². The van der Waals surface area contributed by atoms with Crippen LogP contribution < -0.4 is 0 Å². The van der Waals surface area contributed by atoms with Gasteiger partial charge in [0.05, 0.1) is 5.56 Å². The molecule has 0 radical (unpaired) electrons. The summed E-state index contributed by atoms with van der Waals surface area (Å²) >= 11 is 0. The van der Waals surface area contributed by atoms with Crippen LogP contribution >= 0.6 is 0 Å². The minimum absolute atomic E-state index is 0.248. The average Bonchev–Trinajstić information content (AvgIpc) is 2.45. The van der Waals surface area contributed by atoms with Crippen LogP contribution in [0.25, 0.3) is 11.1 Å². The van der Waals surface area contributed by atoms with Crippen LogP contribution in [0.15, 0.2) is 42.5 Å². The standard InChI is InChI=1S/C17H17F3/c1-3-12-9-10-14(11-13(12)4-2)15-7-5-6-8-16(15)17(18,19)20/h5-11H,3-4H2,1-2H3. The van der Waals surface area contributed by atoms with Crippen molar-refractivity contribution < 1.29 is 13.2 Å². The smallest absolute Gasteiger partial charge is 0.166 e. The number of halogens is 3. The summed E-state index contributed by atoms with van der Waals surface area (Å²) in [6.45, 7) is 4.08. The first kappa shape index (κ1) is 14.6. The fourth-order valence-corrected chi connectivity index (χ4v) is 2.45. The topological polar surface area (TPSA) is 0 Å². The Morgan fingerprint density at radius 3 is 2.10 bits per heavy atom. The molecule has 0 saturated carbocycles. The largest absolute Gasteiger partial charge is 0.417 e. The zero-order valence-electron chi connectivity index (χ0n) is 11.6. The van der Waals surface area contributed by atoms with Gasteiger partial charge < -0.3 is 0 Å². The maximum absolute atomic E-state index is 13.1. The summed E-state index contributed by atoms with van der Waals surface area (Å²) < 4.78 is 39.2. The highest BCUT2D eigenvalue weighted by atomic mass is 19.4. The van der Waals surface area contributed by atoms with E-state index in [1.807, 2.05) is 19.1 Å². The Morgan fingerprint density at radius 1 is 0.850 bits per heavy atom. The molecule has 106 valence electrons. The lowest BCUT2D eigenvalue weighted by molar-refractivity contribution is -0.137. The van der Waals surface area contributed by atoms with Gasteiger partial charge >= 0.3 is 6.18 Å². The molecule has 0 aliphatic rings. The van der Waals surface area contributed by atoms with Crippen LogP contribution in [0, 0.1) is 0 Å². The number of hydrogen-bond donors (Lipinski definition) is 0. The fourth-order valence-electron chi connectivity index (χ4n) is 2.45. The van der Waals surface area contributed by atoms with E-state index in [0.29, 0.717) is 5.56 Å². The van der Waals surface area contributed by atoms with Gasteiger partial charge in [-0.05, 0) is 41.2 Å². The van der Waals surface area contributed by atoms with Crippen molar-refractivity contribution in [3.8, 4) is 11.1 Å². The van der Waals surface area contributed by atoms with Crippen LogP contribution in [0.4, 0.5) is 13.2 Å². The highest BCUT2D eigenvalue weighted by molar-refractivity contribution is 5.69. The molecule has 0 amide bonds. The summed E-state index contributed by atoms with van der Waals surface area (Å²) in [6.07, 6.45) is -2.61.